The van der Waals surface area contributed by atoms with Gasteiger partial charge >= 0.3 is 5.69 Å². The number of benzene rings is 2. The van der Waals surface area contributed by atoms with Crippen molar-refractivity contribution >= 4 is 34.4 Å². The number of nitrogens with one attached hydrogen (secondary N) is 3. The average molecular weight is 390 g/mol. The second-order valence-corrected chi connectivity index (χ2v) is 7.56. The minimum absolute atomic E-state index is 0.253. The summed E-state index contributed by atoms with van der Waals surface area (Å²) < 4.78 is 0. The summed E-state index contributed by atoms with van der Waals surface area (Å²) >= 11 is 1.46. The molecule has 140 valence electrons. The first-order valence-electron chi connectivity index (χ1n) is 8.73. The van der Waals surface area contributed by atoms with Crippen molar-refractivity contribution in [2.75, 3.05) is 5.32 Å². The lowest BCUT2D eigenvalue weighted by atomic mass is 10.1. The molecule has 2 heterocycles. The van der Waals surface area contributed by atoms with Gasteiger partial charge in [0.2, 0.25) is 0 Å². The summed E-state index contributed by atoms with van der Waals surface area (Å²) in [6, 6.07) is 14.9. The maximum Gasteiger partial charge on any atom is 0.323 e. The highest BCUT2D eigenvalue weighted by molar-refractivity contribution is 7.99. The van der Waals surface area contributed by atoms with Crippen molar-refractivity contribution in [2.45, 2.75) is 23.8 Å². The summed E-state index contributed by atoms with van der Waals surface area (Å²) in [5.41, 5.74) is 4.56. The van der Waals surface area contributed by atoms with E-state index in [2.05, 4.69) is 46.2 Å². The number of amides is 1. The van der Waals surface area contributed by atoms with Gasteiger partial charge in [-0.05, 0) is 67.4 Å². The number of rotatable bonds is 4. The molecule has 0 aliphatic heterocycles. The summed E-state index contributed by atoms with van der Waals surface area (Å²) in [7, 11) is 0. The van der Waals surface area contributed by atoms with Gasteiger partial charge in [-0.1, -0.05) is 17.8 Å². The molecule has 4 rings (SSSR count). The summed E-state index contributed by atoms with van der Waals surface area (Å²) in [6.07, 6.45) is 1.68. The summed E-state index contributed by atoms with van der Waals surface area (Å²) in [5.74, 6) is -0.253. The molecule has 0 saturated carbocycles. The van der Waals surface area contributed by atoms with Crippen LogP contribution in [-0.2, 0) is 0 Å². The van der Waals surface area contributed by atoms with Gasteiger partial charge in [-0.2, -0.15) is 0 Å². The van der Waals surface area contributed by atoms with Crippen molar-refractivity contribution in [3.63, 3.8) is 0 Å². The van der Waals surface area contributed by atoms with Gasteiger partial charge in [0.05, 0.1) is 16.6 Å². The minimum Gasteiger partial charge on any atom is -0.322 e. The Kier molecular flexibility index (Phi) is 4.75. The fraction of sp³-hybridized carbons (Fsp3) is 0.0952. The first-order valence-corrected chi connectivity index (χ1v) is 9.55. The van der Waals surface area contributed by atoms with E-state index < -0.39 is 0 Å². The summed E-state index contributed by atoms with van der Waals surface area (Å²) in [5, 5.41) is 3.52. The van der Waals surface area contributed by atoms with E-state index >= 15 is 0 Å². The smallest absolute Gasteiger partial charge is 0.322 e. The van der Waals surface area contributed by atoms with E-state index in [9.17, 15) is 9.59 Å². The number of imidazole rings is 1. The predicted molar refractivity (Wildman–Crippen MR) is 111 cm³/mol. The number of fused-ring (bicyclic) bond motifs is 1. The molecule has 6 nitrogen and oxygen atoms in total. The first-order chi connectivity index (χ1) is 13.5. The molecule has 28 heavy (non-hydrogen) atoms. The van der Waals surface area contributed by atoms with E-state index in [1.165, 1.54) is 22.9 Å². The van der Waals surface area contributed by atoms with Crippen LogP contribution in [0.3, 0.4) is 0 Å². The molecule has 7 heteroatoms. The van der Waals surface area contributed by atoms with Gasteiger partial charge in [0, 0.05) is 16.8 Å². The van der Waals surface area contributed by atoms with E-state index in [1.807, 2.05) is 6.07 Å². The fourth-order valence-electron chi connectivity index (χ4n) is 2.84. The van der Waals surface area contributed by atoms with Gasteiger partial charge in [-0.3, -0.25) is 4.79 Å². The van der Waals surface area contributed by atoms with Gasteiger partial charge < -0.3 is 15.3 Å². The molecule has 0 aliphatic carbocycles. The maximum atomic E-state index is 12.8. The van der Waals surface area contributed by atoms with E-state index in [1.54, 1.807) is 36.5 Å². The zero-order valence-corrected chi connectivity index (χ0v) is 16.2. The highest BCUT2D eigenvalue weighted by Gasteiger charge is 2.14. The number of hydrogen-bond acceptors (Lipinski definition) is 4. The molecule has 2 aromatic carbocycles. The van der Waals surface area contributed by atoms with Crippen LogP contribution >= 0.6 is 11.8 Å². The lowest BCUT2D eigenvalue weighted by Gasteiger charge is -2.10. The Labute approximate surface area is 165 Å². The molecular weight excluding hydrogens is 372 g/mol. The second-order valence-electron chi connectivity index (χ2n) is 6.50. The van der Waals surface area contributed by atoms with Gasteiger partial charge in [-0.25, -0.2) is 9.78 Å². The highest BCUT2D eigenvalue weighted by atomic mass is 32.2. The van der Waals surface area contributed by atoms with Gasteiger partial charge in [0.1, 0.15) is 5.03 Å². The Morgan fingerprint density at radius 3 is 2.64 bits per heavy atom. The number of aryl methyl sites for hydroxylation is 2. The number of carbonyl (C=O) groups is 1. The maximum absolute atomic E-state index is 12.8. The van der Waals surface area contributed by atoms with Crippen molar-refractivity contribution in [3.8, 4) is 0 Å². The van der Waals surface area contributed by atoms with Crippen LogP contribution in [0.5, 0.6) is 0 Å². The van der Waals surface area contributed by atoms with Crippen LogP contribution in [0.25, 0.3) is 11.0 Å². The molecule has 0 spiro atoms. The highest BCUT2D eigenvalue weighted by Crippen LogP contribution is 2.30. The predicted octanol–water partition coefficient (Wildman–Crippen LogP) is 4.27. The largest absolute Gasteiger partial charge is 0.323 e. The van der Waals surface area contributed by atoms with Crippen molar-refractivity contribution < 1.29 is 4.79 Å². The average Bonchev–Trinajstić information content (AvgIpc) is 3.04. The Hall–Kier alpha value is -3.32. The molecule has 0 radical (unpaired) electrons. The third-order valence-electron chi connectivity index (χ3n) is 4.48. The van der Waals surface area contributed by atoms with Crippen molar-refractivity contribution in [3.05, 3.63) is 81.9 Å². The molecule has 0 aliphatic rings. The molecule has 0 saturated heterocycles. The molecule has 0 bridgehead atoms. The lowest BCUT2D eigenvalue weighted by Crippen LogP contribution is -2.13. The zero-order valence-electron chi connectivity index (χ0n) is 15.4. The van der Waals surface area contributed by atoms with E-state index in [4.69, 9.17) is 0 Å². The molecule has 0 fully saturated rings. The molecule has 0 atom stereocenters. The number of pyridine rings is 1. The molecular formula is C21H18N4O2S. The van der Waals surface area contributed by atoms with E-state index in [0.29, 0.717) is 27.3 Å². The Morgan fingerprint density at radius 1 is 1.00 bits per heavy atom. The standard InChI is InChI=1S/C21H18N4O2S/c1-12-5-7-15(10-13(12)2)28-20-16(4-3-9-22-20)19(26)23-14-6-8-17-18(11-14)25-21(27)24-17/h3-11H,1-2H3,(H,23,26)(H2,24,25,27). The van der Waals surface area contributed by atoms with Crippen LogP contribution in [0.15, 0.2) is 69.4 Å². The number of aromatic nitrogens is 3. The topological polar surface area (TPSA) is 90.6 Å². The number of H-pyrrole nitrogens is 2. The monoisotopic (exact) mass is 390 g/mol. The Balaban J connectivity index is 1.60. The van der Waals surface area contributed by atoms with Crippen LogP contribution < -0.4 is 11.0 Å². The van der Waals surface area contributed by atoms with Crippen LogP contribution in [0, 0.1) is 13.8 Å². The van der Waals surface area contributed by atoms with Crippen LogP contribution in [-0.4, -0.2) is 20.9 Å². The number of anilines is 1. The lowest BCUT2D eigenvalue weighted by molar-refractivity contribution is 0.102. The van der Waals surface area contributed by atoms with Gasteiger partial charge in [0.15, 0.2) is 0 Å². The molecule has 2 aromatic heterocycles. The van der Waals surface area contributed by atoms with Gasteiger partial charge in [0.25, 0.3) is 5.91 Å². The van der Waals surface area contributed by atoms with Crippen LogP contribution in [0.1, 0.15) is 21.5 Å². The Bertz CT molecular complexity index is 1240. The number of carbonyl (C=O) groups excluding carboxylic acids is 1. The first kappa shape index (κ1) is 18.1. The number of hydrogen-bond donors (Lipinski definition) is 3. The molecule has 1 amide bonds. The zero-order chi connectivity index (χ0) is 19.7. The van der Waals surface area contributed by atoms with Gasteiger partial charge in [-0.15, -0.1) is 0 Å². The molecule has 4 aromatic rings. The van der Waals surface area contributed by atoms with Crippen LogP contribution in [0.4, 0.5) is 5.69 Å². The molecule has 0 unspecified atom stereocenters. The summed E-state index contributed by atoms with van der Waals surface area (Å²) in [6.45, 7) is 4.13. The second kappa shape index (κ2) is 7.36. The fourth-order valence-corrected chi connectivity index (χ4v) is 3.82. The van der Waals surface area contributed by atoms with E-state index in [0.717, 1.165) is 4.90 Å². The third kappa shape index (κ3) is 3.70. The Morgan fingerprint density at radius 2 is 1.82 bits per heavy atom. The van der Waals surface area contributed by atoms with Crippen molar-refractivity contribution in [1.82, 2.24) is 15.0 Å². The minimum atomic E-state index is -0.280. The quantitative estimate of drug-likeness (QED) is 0.485. The van der Waals surface area contributed by atoms with Crippen LogP contribution in [0.2, 0.25) is 0 Å². The molecule has 3 N–H and O–H groups in total. The summed E-state index contributed by atoms with van der Waals surface area (Å²) in [4.78, 5) is 35.0. The van der Waals surface area contributed by atoms with Crippen molar-refractivity contribution in [1.29, 1.82) is 0 Å². The number of aromatic amines is 2. The normalized spacial score (nSPS) is 10.9. The number of nitrogens with zero attached hydrogens (tertiary/aromatic N) is 1. The third-order valence-corrected chi connectivity index (χ3v) is 5.49. The van der Waals surface area contributed by atoms with E-state index in [-0.39, 0.29) is 11.6 Å². The van der Waals surface area contributed by atoms with Crippen molar-refractivity contribution in [2.24, 2.45) is 0 Å². The SMILES string of the molecule is Cc1ccc(Sc2ncccc2C(=O)Nc2ccc3[nH]c(=O)[nH]c3c2)cc1C.